The minimum Gasteiger partial charge on any atom is -0.350 e. The predicted molar refractivity (Wildman–Crippen MR) is 95.6 cm³/mol. The number of rotatable bonds is 4. The zero-order valence-electron chi connectivity index (χ0n) is 13.6. The fourth-order valence-electron chi connectivity index (χ4n) is 3.65. The van der Waals surface area contributed by atoms with Crippen LogP contribution in [0.5, 0.6) is 0 Å². The number of hydrogen-bond acceptors (Lipinski definition) is 4. The van der Waals surface area contributed by atoms with Crippen LogP contribution >= 0.6 is 11.8 Å². The van der Waals surface area contributed by atoms with Crippen molar-refractivity contribution < 1.29 is 0 Å². The molecule has 0 saturated carbocycles. The van der Waals surface area contributed by atoms with Gasteiger partial charge in [0.15, 0.2) is 5.17 Å². The van der Waals surface area contributed by atoms with Crippen molar-refractivity contribution in [3.63, 3.8) is 0 Å². The second-order valence-electron chi connectivity index (χ2n) is 6.06. The Morgan fingerprint density at radius 3 is 2.87 bits per heavy atom. The molecule has 4 rings (SSSR count). The molecule has 0 spiro atoms. The van der Waals surface area contributed by atoms with Crippen LogP contribution in [0.2, 0.25) is 0 Å². The summed E-state index contributed by atoms with van der Waals surface area (Å²) in [6.07, 6.45) is 5.20. The molecule has 0 aliphatic carbocycles. The summed E-state index contributed by atoms with van der Waals surface area (Å²) in [6.45, 7) is 5.46. The van der Waals surface area contributed by atoms with Gasteiger partial charge in [0.25, 0.3) is 0 Å². The summed E-state index contributed by atoms with van der Waals surface area (Å²) in [4.78, 5) is 12.2. The van der Waals surface area contributed by atoms with Crippen molar-refractivity contribution >= 4 is 16.9 Å². The normalized spacial score (nSPS) is 26.4. The summed E-state index contributed by atoms with van der Waals surface area (Å²) in [5.74, 6) is 1.15. The van der Waals surface area contributed by atoms with Gasteiger partial charge >= 0.3 is 0 Å². The van der Waals surface area contributed by atoms with Crippen molar-refractivity contribution in [2.75, 3.05) is 5.75 Å². The number of aryl methyl sites for hydroxylation is 1. The van der Waals surface area contributed by atoms with Gasteiger partial charge in [0.1, 0.15) is 6.04 Å². The SMILES string of the molecule is CC[C@H]1CSC2=N[C@H](c3ccccn3)[C@@H](c3cccn3CC)N21. The van der Waals surface area contributed by atoms with Crippen LogP contribution in [-0.2, 0) is 6.54 Å². The van der Waals surface area contributed by atoms with Crippen molar-refractivity contribution in [3.05, 3.63) is 54.1 Å². The van der Waals surface area contributed by atoms with Crippen LogP contribution in [0.4, 0.5) is 0 Å². The zero-order chi connectivity index (χ0) is 15.8. The number of thioether (sulfide) groups is 1. The van der Waals surface area contributed by atoms with E-state index < -0.39 is 0 Å². The van der Waals surface area contributed by atoms with Gasteiger partial charge < -0.3 is 9.47 Å². The number of aromatic nitrogens is 2. The third-order valence-corrected chi connectivity index (χ3v) is 5.96. The first-order valence-corrected chi connectivity index (χ1v) is 9.37. The molecule has 2 aliphatic heterocycles. The highest BCUT2D eigenvalue weighted by molar-refractivity contribution is 8.14. The Labute approximate surface area is 141 Å². The summed E-state index contributed by atoms with van der Waals surface area (Å²) < 4.78 is 2.34. The van der Waals surface area contributed by atoms with Gasteiger partial charge in [-0.15, -0.1) is 0 Å². The number of amidine groups is 1. The number of fused-ring (bicyclic) bond motifs is 1. The first-order chi connectivity index (χ1) is 11.3. The summed E-state index contributed by atoms with van der Waals surface area (Å²) in [5, 5.41) is 1.20. The molecule has 3 atom stereocenters. The van der Waals surface area contributed by atoms with Crippen LogP contribution < -0.4 is 0 Å². The number of hydrogen-bond donors (Lipinski definition) is 0. The lowest BCUT2D eigenvalue weighted by atomic mass is 9.99. The van der Waals surface area contributed by atoms with E-state index in [9.17, 15) is 0 Å². The minimum absolute atomic E-state index is 0.0910. The Hall–Kier alpha value is -1.75. The lowest BCUT2D eigenvalue weighted by Crippen LogP contribution is -2.36. The number of aliphatic imine (C=N–C) groups is 1. The lowest BCUT2D eigenvalue weighted by molar-refractivity contribution is 0.246. The van der Waals surface area contributed by atoms with Crippen LogP contribution in [-0.4, -0.2) is 31.4 Å². The van der Waals surface area contributed by atoms with Crippen LogP contribution in [0.25, 0.3) is 0 Å². The van der Waals surface area contributed by atoms with Gasteiger partial charge in [-0.2, -0.15) is 0 Å². The largest absolute Gasteiger partial charge is 0.350 e. The van der Waals surface area contributed by atoms with Crippen molar-refractivity contribution in [2.45, 2.75) is 44.9 Å². The zero-order valence-corrected chi connectivity index (χ0v) is 14.4. The smallest absolute Gasteiger partial charge is 0.160 e. The van der Waals surface area contributed by atoms with E-state index in [1.54, 1.807) is 0 Å². The quantitative estimate of drug-likeness (QED) is 0.855. The van der Waals surface area contributed by atoms with Crippen LogP contribution in [0.15, 0.2) is 47.7 Å². The molecular formula is C18H22N4S. The first kappa shape index (κ1) is 14.8. The maximum Gasteiger partial charge on any atom is 0.160 e. The van der Waals surface area contributed by atoms with Gasteiger partial charge in [0, 0.05) is 36.4 Å². The molecule has 2 aromatic rings. The summed E-state index contributed by atoms with van der Waals surface area (Å²) in [6, 6.07) is 11.5. The second kappa shape index (κ2) is 6.04. The Morgan fingerprint density at radius 2 is 2.13 bits per heavy atom. The highest BCUT2D eigenvalue weighted by atomic mass is 32.2. The van der Waals surface area contributed by atoms with Gasteiger partial charge in [0.05, 0.1) is 11.7 Å². The van der Waals surface area contributed by atoms with E-state index in [4.69, 9.17) is 4.99 Å². The molecule has 2 aliphatic rings. The molecule has 5 heteroatoms. The van der Waals surface area contributed by atoms with E-state index in [0.717, 1.165) is 24.4 Å². The van der Waals surface area contributed by atoms with Crippen LogP contribution in [0, 0.1) is 0 Å². The van der Waals surface area contributed by atoms with Gasteiger partial charge in [-0.3, -0.25) is 9.98 Å². The average molecular weight is 326 g/mol. The number of pyridine rings is 1. The fraction of sp³-hybridized carbons (Fsp3) is 0.444. The molecule has 2 aromatic heterocycles. The monoisotopic (exact) mass is 326 g/mol. The van der Waals surface area contributed by atoms with E-state index in [2.05, 4.69) is 58.8 Å². The van der Waals surface area contributed by atoms with E-state index in [-0.39, 0.29) is 12.1 Å². The minimum atomic E-state index is 0.0910. The summed E-state index contributed by atoms with van der Waals surface area (Å²) in [5.41, 5.74) is 2.42. The molecular weight excluding hydrogens is 304 g/mol. The Kier molecular flexibility index (Phi) is 3.89. The second-order valence-corrected chi connectivity index (χ2v) is 7.04. The van der Waals surface area contributed by atoms with Crippen molar-refractivity contribution in [1.82, 2.24) is 14.5 Å². The van der Waals surface area contributed by atoms with E-state index >= 15 is 0 Å². The Bertz CT molecular complexity index is 709. The van der Waals surface area contributed by atoms with E-state index in [1.165, 1.54) is 10.9 Å². The Morgan fingerprint density at radius 1 is 1.22 bits per heavy atom. The molecule has 0 N–H and O–H groups in total. The summed E-state index contributed by atoms with van der Waals surface area (Å²) >= 11 is 1.90. The predicted octanol–water partition coefficient (Wildman–Crippen LogP) is 3.88. The standard InChI is InChI=1S/C18H22N4S/c1-3-13-12-23-18-20-16(14-8-5-6-10-19-14)17(22(13)18)15-9-7-11-21(15)4-2/h5-11,13,16-17H,3-4,12H2,1-2H3/t13-,16+,17+/m0/s1. The maximum absolute atomic E-state index is 5.06. The highest BCUT2D eigenvalue weighted by Crippen LogP contribution is 2.48. The van der Waals surface area contributed by atoms with Gasteiger partial charge in [-0.05, 0) is 37.6 Å². The topological polar surface area (TPSA) is 33.4 Å². The van der Waals surface area contributed by atoms with Crippen molar-refractivity contribution in [3.8, 4) is 0 Å². The van der Waals surface area contributed by atoms with E-state index in [0.29, 0.717) is 6.04 Å². The average Bonchev–Trinajstić information content (AvgIpc) is 3.29. The van der Waals surface area contributed by atoms with Crippen molar-refractivity contribution in [2.24, 2.45) is 4.99 Å². The third-order valence-electron chi connectivity index (χ3n) is 4.84. The van der Waals surface area contributed by atoms with Gasteiger partial charge in [-0.1, -0.05) is 24.8 Å². The molecule has 23 heavy (non-hydrogen) atoms. The highest BCUT2D eigenvalue weighted by Gasteiger charge is 2.46. The van der Waals surface area contributed by atoms with Crippen LogP contribution in [0.1, 0.15) is 43.7 Å². The third kappa shape index (κ3) is 2.38. The Balaban J connectivity index is 1.80. The van der Waals surface area contributed by atoms with Gasteiger partial charge in [0.2, 0.25) is 0 Å². The van der Waals surface area contributed by atoms with E-state index in [1.807, 2.05) is 24.0 Å². The first-order valence-electron chi connectivity index (χ1n) is 8.38. The maximum atomic E-state index is 5.06. The molecule has 0 bridgehead atoms. The molecule has 120 valence electrons. The molecule has 0 radical (unpaired) electrons. The molecule has 4 heterocycles. The molecule has 0 amide bonds. The molecule has 1 fully saturated rings. The molecule has 1 saturated heterocycles. The van der Waals surface area contributed by atoms with Crippen LogP contribution in [0.3, 0.4) is 0 Å². The molecule has 4 nitrogen and oxygen atoms in total. The number of nitrogens with zero attached hydrogens (tertiary/aromatic N) is 4. The van der Waals surface area contributed by atoms with Gasteiger partial charge in [-0.25, -0.2) is 0 Å². The fourth-order valence-corrected chi connectivity index (χ4v) is 4.99. The lowest BCUT2D eigenvalue weighted by Gasteiger charge is -2.32. The summed E-state index contributed by atoms with van der Waals surface area (Å²) in [7, 11) is 0. The molecule has 0 unspecified atom stereocenters. The molecule has 0 aromatic carbocycles. The van der Waals surface area contributed by atoms with Crippen molar-refractivity contribution in [1.29, 1.82) is 0 Å².